The monoisotopic (exact) mass is 359 g/mol. The van der Waals surface area contributed by atoms with E-state index in [1.165, 1.54) is 5.56 Å². The van der Waals surface area contributed by atoms with Crippen LogP contribution in [0.4, 0.5) is 0 Å². The van der Waals surface area contributed by atoms with E-state index in [1.807, 2.05) is 37.5 Å². The molecule has 6 heteroatoms. The fourth-order valence-corrected chi connectivity index (χ4v) is 4.41. The summed E-state index contributed by atoms with van der Waals surface area (Å²) in [6, 6.07) is 11.1. The van der Waals surface area contributed by atoms with Crippen molar-refractivity contribution in [2.75, 3.05) is 19.6 Å². The van der Waals surface area contributed by atoms with Gasteiger partial charge in [-0.3, -0.25) is 9.88 Å². The number of likely N-dealkylation sites (tertiary alicyclic amines) is 1. The highest BCUT2D eigenvalue weighted by atomic mass is 32.2. The van der Waals surface area contributed by atoms with Crippen molar-refractivity contribution in [1.29, 1.82) is 0 Å². The van der Waals surface area contributed by atoms with E-state index in [0.29, 0.717) is 17.4 Å². The Morgan fingerprint density at radius 3 is 2.56 bits per heavy atom. The van der Waals surface area contributed by atoms with Gasteiger partial charge in [0.05, 0.1) is 4.90 Å². The highest BCUT2D eigenvalue weighted by Gasteiger charge is 2.22. The van der Waals surface area contributed by atoms with E-state index in [2.05, 4.69) is 14.6 Å². The fraction of sp³-hybridized carbons (Fsp3) is 0.421. The third-order valence-electron chi connectivity index (χ3n) is 4.72. The van der Waals surface area contributed by atoms with Gasteiger partial charge in [-0.2, -0.15) is 0 Å². The fourth-order valence-electron chi connectivity index (χ4n) is 3.19. The van der Waals surface area contributed by atoms with Crippen LogP contribution in [0.5, 0.6) is 0 Å². The lowest BCUT2D eigenvalue weighted by atomic mass is 9.97. The van der Waals surface area contributed by atoms with E-state index in [9.17, 15) is 8.42 Å². The van der Waals surface area contributed by atoms with Gasteiger partial charge in [0.2, 0.25) is 10.0 Å². The number of rotatable bonds is 6. The number of aryl methyl sites for hydroxylation is 1. The number of hydrogen-bond donors (Lipinski definition) is 1. The van der Waals surface area contributed by atoms with Crippen LogP contribution in [-0.2, 0) is 16.6 Å². The van der Waals surface area contributed by atoms with Gasteiger partial charge in [0.15, 0.2) is 0 Å². The van der Waals surface area contributed by atoms with Crippen molar-refractivity contribution < 1.29 is 8.42 Å². The van der Waals surface area contributed by atoms with Crippen molar-refractivity contribution in [3.63, 3.8) is 0 Å². The molecule has 2 heterocycles. The number of nitrogens with one attached hydrogen (secondary N) is 1. The average Bonchev–Trinajstić information content (AvgIpc) is 2.62. The topological polar surface area (TPSA) is 62.3 Å². The second-order valence-electron chi connectivity index (χ2n) is 6.74. The number of benzene rings is 1. The van der Waals surface area contributed by atoms with Crippen LogP contribution >= 0.6 is 0 Å². The molecule has 1 aliphatic rings. The standard InChI is InChI=1S/C19H25N3O2S/c1-16-3-2-4-19(13-16)25(23,24)21-14-17-7-11-22(12-8-17)15-18-5-9-20-10-6-18/h2-6,9-10,13,17,21H,7-8,11-12,14-15H2,1H3. The SMILES string of the molecule is Cc1cccc(S(=O)(=O)NCC2CCN(Cc3ccncc3)CC2)c1. The molecular formula is C19H25N3O2S. The third kappa shape index (κ3) is 5.11. The highest BCUT2D eigenvalue weighted by molar-refractivity contribution is 7.89. The van der Waals surface area contributed by atoms with E-state index in [0.717, 1.165) is 38.0 Å². The van der Waals surface area contributed by atoms with Gasteiger partial charge in [-0.05, 0) is 74.2 Å². The molecule has 0 unspecified atom stereocenters. The number of hydrogen-bond acceptors (Lipinski definition) is 4. The Kier molecular flexibility index (Phi) is 5.83. The molecule has 1 fully saturated rings. The molecule has 25 heavy (non-hydrogen) atoms. The minimum absolute atomic E-state index is 0.350. The van der Waals surface area contributed by atoms with Gasteiger partial charge in [-0.1, -0.05) is 12.1 Å². The molecule has 1 saturated heterocycles. The molecular weight excluding hydrogens is 334 g/mol. The van der Waals surface area contributed by atoms with Crippen molar-refractivity contribution in [2.45, 2.75) is 31.2 Å². The molecule has 1 aromatic heterocycles. The molecule has 1 aliphatic heterocycles. The summed E-state index contributed by atoms with van der Waals surface area (Å²) in [5.41, 5.74) is 2.22. The Hall–Kier alpha value is -1.76. The predicted octanol–water partition coefficient (Wildman–Crippen LogP) is 2.58. The van der Waals surface area contributed by atoms with Crippen LogP contribution in [0.25, 0.3) is 0 Å². The second-order valence-corrected chi connectivity index (χ2v) is 8.51. The van der Waals surface area contributed by atoms with Crippen LogP contribution in [0.2, 0.25) is 0 Å². The molecule has 0 aliphatic carbocycles. The first-order chi connectivity index (χ1) is 12.0. The van der Waals surface area contributed by atoms with Gasteiger partial charge < -0.3 is 0 Å². The quantitative estimate of drug-likeness (QED) is 0.861. The van der Waals surface area contributed by atoms with Crippen molar-refractivity contribution >= 4 is 10.0 Å². The first kappa shape index (κ1) is 18.0. The van der Waals surface area contributed by atoms with Crippen molar-refractivity contribution in [1.82, 2.24) is 14.6 Å². The Labute approximate surface area is 150 Å². The first-order valence-electron chi connectivity index (χ1n) is 8.70. The summed E-state index contributed by atoms with van der Waals surface area (Å²) in [7, 11) is -3.41. The maximum absolute atomic E-state index is 12.4. The van der Waals surface area contributed by atoms with Crippen LogP contribution in [0, 0.1) is 12.8 Å². The molecule has 5 nitrogen and oxygen atoms in total. The zero-order valence-corrected chi connectivity index (χ0v) is 15.4. The van der Waals surface area contributed by atoms with Crippen molar-refractivity contribution in [3.8, 4) is 0 Å². The summed E-state index contributed by atoms with van der Waals surface area (Å²) in [5.74, 6) is 0.397. The molecule has 2 aromatic rings. The Morgan fingerprint density at radius 1 is 1.16 bits per heavy atom. The van der Waals surface area contributed by atoms with Crippen LogP contribution in [0.3, 0.4) is 0 Å². The van der Waals surface area contributed by atoms with Gasteiger partial charge >= 0.3 is 0 Å². The summed E-state index contributed by atoms with van der Waals surface area (Å²) < 4.78 is 27.6. The van der Waals surface area contributed by atoms with Gasteiger partial charge in [0, 0.05) is 25.5 Å². The molecule has 0 saturated carbocycles. The lowest BCUT2D eigenvalue weighted by Crippen LogP contribution is -2.38. The largest absolute Gasteiger partial charge is 0.299 e. The van der Waals surface area contributed by atoms with E-state index in [-0.39, 0.29) is 0 Å². The second kappa shape index (κ2) is 8.08. The molecule has 1 N–H and O–H groups in total. The van der Waals surface area contributed by atoms with Crippen LogP contribution in [-0.4, -0.2) is 37.9 Å². The Morgan fingerprint density at radius 2 is 1.88 bits per heavy atom. The van der Waals surface area contributed by atoms with Crippen molar-refractivity contribution in [2.24, 2.45) is 5.92 Å². The molecule has 0 bridgehead atoms. The summed E-state index contributed by atoms with van der Waals surface area (Å²) in [6.07, 6.45) is 5.67. The highest BCUT2D eigenvalue weighted by Crippen LogP contribution is 2.19. The zero-order valence-electron chi connectivity index (χ0n) is 14.6. The number of nitrogens with zero attached hydrogens (tertiary/aromatic N) is 2. The number of piperidine rings is 1. The van der Waals surface area contributed by atoms with Gasteiger partial charge in [-0.15, -0.1) is 0 Å². The van der Waals surface area contributed by atoms with Gasteiger partial charge in [0.1, 0.15) is 0 Å². The van der Waals surface area contributed by atoms with E-state index >= 15 is 0 Å². The summed E-state index contributed by atoms with van der Waals surface area (Å²) in [5, 5.41) is 0. The third-order valence-corrected chi connectivity index (χ3v) is 6.15. The molecule has 0 spiro atoms. The molecule has 134 valence electrons. The maximum atomic E-state index is 12.4. The molecule has 1 aromatic carbocycles. The van der Waals surface area contributed by atoms with E-state index in [4.69, 9.17) is 0 Å². The molecule has 3 rings (SSSR count). The maximum Gasteiger partial charge on any atom is 0.240 e. The lowest BCUT2D eigenvalue weighted by Gasteiger charge is -2.32. The van der Waals surface area contributed by atoms with E-state index in [1.54, 1.807) is 18.2 Å². The smallest absolute Gasteiger partial charge is 0.240 e. The average molecular weight is 359 g/mol. The van der Waals surface area contributed by atoms with E-state index < -0.39 is 10.0 Å². The van der Waals surface area contributed by atoms with Crippen LogP contribution in [0.1, 0.15) is 24.0 Å². The number of sulfonamides is 1. The Balaban J connectivity index is 1.48. The minimum atomic E-state index is -3.41. The molecule has 0 radical (unpaired) electrons. The summed E-state index contributed by atoms with van der Waals surface area (Å²) in [6.45, 7) is 5.35. The minimum Gasteiger partial charge on any atom is -0.299 e. The van der Waals surface area contributed by atoms with Crippen molar-refractivity contribution in [3.05, 3.63) is 59.9 Å². The lowest BCUT2D eigenvalue weighted by molar-refractivity contribution is 0.178. The van der Waals surface area contributed by atoms with Crippen LogP contribution in [0.15, 0.2) is 53.7 Å². The summed E-state index contributed by atoms with van der Waals surface area (Å²) >= 11 is 0. The Bertz CT molecular complexity index is 785. The van der Waals surface area contributed by atoms with Crippen LogP contribution < -0.4 is 4.72 Å². The normalized spacial score (nSPS) is 16.8. The summed E-state index contributed by atoms with van der Waals surface area (Å²) in [4.78, 5) is 6.81. The molecule has 0 amide bonds. The molecule has 0 atom stereocenters. The van der Waals surface area contributed by atoms with Gasteiger partial charge in [0.25, 0.3) is 0 Å². The van der Waals surface area contributed by atoms with Gasteiger partial charge in [-0.25, -0.2) is 13.1 Å². The first-order valence-corrected chi connectivity index (χ1v) is 10.2. The predicted molar refractivity (Wildman–Crippen MR) is 98.6 cm³/mol. The number of pyridine rings is 1. The zero-order chi connectivity index (χ0) is 17.7. The number of aromatic nitrogens is 1.